The first kappa shape index (κ1) is 21.5. The van der Waals surface area contributed by atoms with Crippen molar-refractivity contribution in [3.63, 3.8) is 0 Å². The van der Waals surface area contributed by atoms with Gasteiger partial charge in [-0.2, -0.15) is 0 Å². The Morgan fingerprint density at radius 1 is 0.871 bits per heavy atom. The van der Waals surface area contributed by atoms with Gasteiger partial charge in [0.1, 0.15) is 10.6 Å². The van der Waals surface area contributed by atoms with Crippen LogP contribution in [0.5, 0.6) is 0 Å². The molecule has 0 bridgehead atoms. The van der Waals surface area contributed by atoms with Crippen molar-refractivity contribution in [3.05, 3.63) is 99.0 Å². The van der Waals surface area contributed by atoms with E-state index in [1.165, 1.54) is 17.3 Å². The molecule has 0 fully saturated rings. The molecule has 7 heteroatoms. The van der Waals surface area contributed by atoms with Crippen molar-refractivity contribution < 1.29 is 9.59 Å². The number of thioether (sulfide) groups is 1. The number of nitrogens with zero attached hydrogens (tertiary/aromatic N) is 1. The van der Waals surface area contributed by atoms with E-state index in [4.69, 9.17) is 23.2 Å². The summed E-state index contributed by atoms with van der Waals surface area (Å²) < 4.78 is 0. The minimum atomic E-state index is -0.428. The molecule has 1 N–H and O–H groups in total. The number of hydrogen-bond donors (Lipinski definition) is 1. The van der Waals surface area contributed by atoms with Gasteiger partial charge in [-0.3, -0.25) is 9.59 Å². The molecule has 156 valence electrons. The first-order valence-corrected chi connectivity index (χ1v) is 11.2. The number of aryl methyl sites for hydroxylation is 1. The summed E-state index contributed by atoms with van der Waals surface area (Å²) >= 11 is 13.3. The molecule has 4 nitrogen and oxygen atoms in total. The molecule has 1 aliphatic rings. The third-order valence-corrected chi connectivity index (χ3v) is 6.35. The van der Waals surface area contributed by atoms with E-state index >= 15 is 0 Å². The van der Waals surface area contributed by atoms with Crippen molar-refractivity contribution in [1.82, 2.24) is 0 Å². The first-order chi connectivity index (χ1) is 15.0. The van der Waals surface area contributed by atoms with E-state index in [1.54, 1.807) is 36.4 Å². The van der Waals surface area contributed by atoms with Crippen LogP contribution in [0.25, 0.3) is 0 Å². The van der Waals surface area contributed by atoms with E-state index in [0.29, 0.717) is 20.6 Å². The van der Waals surface area contributed by atoms with Gasteiger partial charge in [-0.25, -0.2) is 4.90 Å². The highest BCUT2D eigenvalue weighted by molar-refractivity contribution is 8.04. The Hall–Kier alpha value is -2.73. The molecule has 3 aromatic rings. The fraction of sp³-hybridized carbons (Fsp3) is 0.0833. The molecule has 31 heavy (non-hydrogen) atoms. The summed E-state index contributed by atoms with van der Waals surface area (Å²) in [6, 6.07) is 21.6. The Kier molecular flexibility index (Phi) is 6.37. The Morgan fingerprint density at radius 3 is 2.23 bits per heavy atom. The standard InChI is InChI=1S/C24H18Cl2N2O2S/c1-2-15-6-10-18(11-7-15)27-21-22(31-20-12-8-16(25)9-13-20)24(30)28(23(21)29)19-5-3-4-17(26)14-19/h3-14,27H,2H2,1H3. The maximum Gasteiger partial charge on any atom is 0.283 e. The lowest BCUT2D eigenvalue weighted by atomic mass is 10.1. The van der Waals surface area contributed by atoms with Gasteiger partial charge in [-0.05, 0) is 66.6 Å². The van der Waals surface area contributed by atoms with Gasteiger partial charge in [0, 0.05) is 20.6 Å². The van der Waals surface area contributed by atoms with Gasteiger partial charge in [-0.1, -0.05) is 60.1 Å². The van der Waals surface area contributed by atoms with E-state index in [2.05, 4.69) is 12.2 Å². The average Bonchev–Trinajstić information content (AvgIpc) is 2.99. The second-order valence-corrected chi connectivity index (χ2v) is 8.82. The van der Waals surface area contributed by atoms with Crippen molar-refractivity contribution >= 4 is 58.2 Å². The average molecular weight is 469 g/mol. The molecular weight excluding hydrogens is 451 g/mol. The normalized spacial score (nSPS) is 13.8. The van der Waals surface area contributed by atoms with Crippen LogP contribution in [0.2, 0.25) is 10.0 Å². The van der Waals surface area contributed by atoms with Crippen LogP contribution in [0.1, 0.15) is 12.5 Å². The number of nitrogens with one attached hydrogen (secondary N) is 1. The van der Waals surface area contributed by atoms with Gasteiger partial charge in [-0.15, -0.1) is 0 Å². The van der Waals surface area contributed by atoms with E-state index in [-0.39, 0.29) is 5.70 Å². The monoisotopic (exact) mass is 468 g/mol. The topological polar surface area (TPSA) is 49.4 Å². The minimum Gasteiger partial charge on any atom is -0.350 e. The molecule has 0 saturated heterocycles. The van der Waals surface area contributed by atoms with Crippen molar-refractivity contribution in [2.24, 2.45) is 0 Å². The van der Waals surface area contributed by atoms with Crippen LogP contribution in [0.3, 0.4) is 0 Å². The van der Waals surface area contributed by atoms with Crippen molar-refractivity contribution in [2.75, 3.05) is 10.2 Å². The van der Waals surface area contributed by atoms with Crippen LogP contribution in [0.15, 0.2) is 88.3 Å². The lowest BCUT2D eigenvalue weighted by Crippen LogP contribution is -2.32. The van der Waals surface area contributed by atoms with Crippen molar-refractivity contribution in [1.29, 1.82) is 0 Å². The summed E-state index contributed by atoms with van der Waals surface area (Å²) in [5.41, 5.74) is 2.57. The molecule has 0 radical (unpaired) electrons. The van der Waals surface area contributed by atoms with Gasteiger partial charge in [0.05, 0.1) is 5.69 Å². The molecule has 3 aromatic carbocycles. The van der Waals surface area contributed by atoms with Gasteiger partial charge >= 0.3 is 0 Å². The summed E-state index contributed by atoms with van der Waals surface area (Å²) in [6.07, 6.45) is 0.917. The summed E-state index contributed by atoms with van der Waals surface area (Å²) in [4.78, 5) is 28.9. The summed E-state index contributed by atoms with van der Waals surface area (Å²) in [5, 5.41) is 4.20. The van der Waals surface area contributed by atoms with Crippen molar-refractivity contribution in [2.45, 2.75) is 18.2 Å². The minimum absolute atomic E-state index is 0.231. The number of benzene rings is 3. The number of anilines is 2. The molecule has 2 amide bonds. The fourth-order valence-corrected chi connectivity index (χ4v) is 4.39. The third-order valence-electron chi connectivity index (χ3n) is 4.77. The summed E-state index contributed by atoms with van der Waals surface area (Å²) in [7, 11) is 0. The summed E-state index contributed by atoms with van der Waals surface area (Å²) in [5.74, 6) is -0.830. The highest BCUT2D eigenvalue weighted by Gasteiger charge is 2.40. The van der Waals surface area contributed by atoms with Crippen LogP contribution in [-0.2, 0) is 16.0 Å². The predicted molar refractivity (Wildman–Crippen MR) is 128 cm³/mol. The van der Waals surface area contributed by atoms with Gasteiger partial charge in [0.2, 0.25) is 0 Å². The maximum atomic E-state index is 13.3. The Balaban J connectivity index is 1.73. The molecule has 0 atom stereocenters. The van der Waals surface area contributed by atoms with Crippen LogP contribution >= 0.6 is 35.0 Å². The SMILES string of the molecule is CCc1ccc(NC2=C(Sc3ccc(Cl)cc3)C(=O)N(c3cccc(Cl)c3)C2=O)cc1. The molecule has 0 saturated carbocycles. The lowest BCUT2D eigenvalue weighted by molar-refractivity contribution is -0.120. The van der Waals surface area contributed by atoms with Gasteiger partial charge < -0.3 is 5.32 Å². The highest BCUT2D eigenvalue weighted by atomic mass is 35.5. The fourth-order valence-electron chi connectivity index (χ4n) is 3.15. The summed E-state index contributed by atoms with van der Waals surface area (Å²) in [6.45, 7) is 2.08. The number of imide groups is 1. The van der Waals surface area contributed by atoms with Gasteiger partial charge in [0.15, 0.2) is 0 Å². The zero-order valence-electron chi connectivity index (χ0n) is 16.6. The predicted octanol–water partition coefficient (Wildman–Crippen LogP) is 6.55. The van der Waals surface area contributed by atoms with E-state index in [1.807, 2.05) is 36.4 Å². The Labute approximate surface area is 194 Å². The molecular formula is C24H18Cl2N2O2S. The van der Waals surface area contributed by atoms with E-state index in [0.717, 1.165) is 21.9 Å². The number of halogens is 2. The van der Waals surface area contributed by atoms with Crippen LogP contribution in [0, 0.1) is 0 Å². The van der Waals surface area contributed by atoms with Crippen molar-refractivity contribution in [3.8, 4) is 0 Å². The van der Waals surface area contributed by atoms with Crippen LogP contribution in [0.4, 0.5) is 11.4 Å². The molecule has 0 spiro atoms. The zero-order valence-corrected chi connectivity index (χ0v) is 18.9. The number of carbonyl (C=O) groups excluding carboxylic acids is 2. The largest absolute Gasteiger partial charge is 0.350 e. The maximum absolute atomic E-state index is 13.3. The smallest absolute Gasteiger partial charge is 0.283 e. The second kappa shape index (κ2) is 9.18. The second-order valence-electron chi connectivity index (χ2n) is 6.86. The Bertz CT molecular complexity index is 1170. The number of rotatable bonds is 6. The third kappa shape index (κ3) is 4.64. The number of hydrogen-bond acceptors (Lipinski definition) is 4. The molecule has 0 unspecified atom stereocenters. The Morgan fingerprint density at radius 2 is 1.58 bits per heavy atom. The first-order valence-electron chi connectivity index (χ1n) is 9.64. The zero-order chi connectivity index (χ0) is 22.0. The van der Waals surface area contributed by atoms with Crippen LogP contribution < -0.4 is 10.2 Å². The molecule has 0 aliphatic carbocycles. The highest BCUT2D eigenvalue weighted by Crippen LogP contribution is 2.38. The van der Waals surface area contributed by atoms with E-state index in [9.17, 15) is 9.59 Å². The molecule has 1 aliphatic heterocycles. The number of amides is 2. The molecule has 4 rings (SSSR count). The van der Waals surface area contributed by atoms with Crippen LogP contribution in [-0.4, -0.2) is 11.8 Å². The quantitative estimate of drug-likeness (QED) is 0.416. The molecule has 0 aromatic heterocycles. The molecule has 1 heterocycles. The van der Waals surface area contributed by atoms with E-state index < -0.39 is 11.8 Å². The number of carbonyl (C=O) groups is 2. The lowest BCUT2D eigenvalue weighted by Gasteiger charge is -2.15. The van der Waals surface area contributed by atoms with Gasteiger partial charge in [0.25, 0.3) is 11.8 Å².